The van der Waals surface area contributed by atoms with Crippen molar-refractivity contribution in [1.29, 1.82) is 0 Å². The molecule has 0 spiro atoms. The van der Waals surface area contributed by atoms with Gasteiger partial charge in [-0.2, -0.15) is 0 Å². The molecule has 3 N–H and O–H groups in total. The van der Waals surface area contributed by atoms with Crippen molar-refractivity contribution < 1.29 is 4.79 Å². The van der Waals surface area contributed by atoms with Crippen LogP contribution in [-0.4, -0.2) is 19.0 Å². The SMILES string of the molecule is CN[C@@H](CC(N)=O)Cc1ccc(-c2cccc(Cl)c2)cc1. The minimum absolute atomic E-state index is 0.0690. The Hall–Kier alpha value is -1.84. The first-order valence-corrected chi connectivity index (χ1v) is 7.26. The van der Waals surface area contributed by atoms with E-state index < -0.39 is 0 Å². The maximum absolute atomic E-state index is 11.0. The molecular formula is C17H19ClN2O. The van der Waals surface area contributed by atoms with E-state index in [0.29, 0.717) is 6.42 Å². The van der Waals surface area contributed by atoms with Crippen LogP contribution >= 0.6 is 11.6 Å². The van der Waals surface area contributed by atoms with Gasteiger partial charge in [0, 0.05) is 17.5 Å². The van der Waals surface area contributed by atoms with Crippen molar-refractivity contribution in [1.82, 2.24) is 5.32 Å². The van der Waals surface area contributed by atoms with Crippen molar-refractivity contribution in [3.63, 3.8) is 0 Å². The Kier molecular flexibility index (Phi) is 5.37. The molecule has 0 saturated carbocycles. The monoisotopic (exact) mass is 302 g/mol. The molecule has 1 amide bonds. The summed E-state index contributed by atoms with van der Waals surface area (Å²) in [6.45, 7) is 0. The third-order valence-electron chi connectivity index (χ3n) is 3.45. The first-order chi connectivity index (χ1) is 10.1. The Balaban J connectivity index is 2.10. The number of rotatable bonds is 6. The van der Waals surface area contributed by atoms with Crippen molar-refractivity contribution in [3.05, 3.63) is 59.1 Å². The van der Waals surface area contributed by atoms with Gasteiger partial charge < -0.3 is 11.1 Å². The molecule has 0 aliphatic heterocycles. The average molecular weight is 303 g/mol. The molecule has 2 aromatic rings. The van der Waals surface area contributed by atoms with Gasteiger partial charge in [0.2, 0.25) is 5.91 Å². The van der Waals surface area contributed by atoms with E-state index >= 15 is 0 Å². The summed E-state index contributed by atoms with van der Waals surface area (Å²) in [7, 11) is 1.84. The van der Waals surface area contributed by atoms with Crippen LogP contribution in [0.3, 0.4) is 0 Å². The van der Waals surface area contributed by atoms with Gasteiger partial charge in [0.25, 0.3) is 0 Å². The molecule has 0 heterocycles. The van der Waals surface area contributed by atoms with Gasteiger partial charge in [0.15, 0.2) is 0 Å². The summed E-state index contributed by atoms with van der Waals surface area (Å²) >= 11 is 6.01. The highest BCUT2D eigenvalue weighted by atomic mass is 35.5. The molecule has 0 aliphatic rings. The zero-order valence-corrected chi connectivity index (χ0v) is 12.7. The Morgan fingerprint density at radius 2 is 1.90 bits per heavy atom. The highest BCUT2D eigenvalue weighted by Gasteiger charge is 2.10. The molecule has 0 fully saturated rings. The molecule has 0 radical (unpaired) electrons. The van der Waals surface area contributed by atoms with Gasteiger partial charge in [-0.25, -0.2) is 0 Å². The number of benzene rings is 2. The van der Waals surface area contributed by atoms with Crippen LogP contribution in [0.2, 0.25) is 5.02 Å². The molecule has 3 nitrogen and oxygen atoms in total. The van der Waals surface area contributed by atoms with Gasteiger partial charge in [-0.05, 0) is 42.3 Å². The fourth-order valence-corrected chi connectivity index (χ4v) is 2.50. The maximum atomic E-state index is 11.0. The third-order valence-corrected chi connectivity index (χ3v) is 3.68. The molecule has 2 aromatic carbocycles. The van der Waals surface area contributed by atoms with Crippen molar-refractivity contribution in [2.45, 2.75) is 18.9 Å². The van der Waals surface area contributed by atoms with E-state index in [2.05, 4.69) is 29.6 Å². The predicted molar refractivity (Wildman–Crippen MR) is 87.3 cm³/mol. The lowest BCUT2D eigenvalue weighted by molar-refractivity contribution is -0.118. The maximum Gasteiger partial charge on any atom is 0.218 e. The van der Waals surface area contributed by atoms with E-state index in [-0.39, 0.29) is 11.9 Å². The summed E-state index contributed by atoms with van der Waals surface area (Å²) in [5, 5.41) is 3.85. The van der Waals surface area contributed by atoms with Crippen LogP contribution in [-0.2, 0) is 11.2 Å². The van der Waals surface area contributed by atoms with E-state index in [1.807, 2.05) is 31.3 Å². The number of halogens is 1. The van der Waals surface area contributed by atoms with Crippen LogP contribution < -0.4 is 11.1 Å². The predicted octanol–water partition coefficient (Wildman–Crippen LogP) is 3.01. The first kappa shape index (κ1) is 15.5. The second-order valence-corrected chi connectivity index (χ2v) is 5.50. The molecule has 2 rings (SSSR count). The fourth-order valence-electron chi connectivity index (χ4n) is 2.30. The number of primary amides is 1. The van der Waals surface area contributed by atoms with Crippen LogP contribution in [0.1, 0.15) is 12.0 Å². The van der Waals surface area contributed by atoms with Crippen LogP contribution in [0, 0.1) is 0 Å². The first-order valence-electron chi connectivity index (χ1n) is 6.89. The summed E-state index contributed by atoms with van der Waals surface area (Å²) in [6, 6.07) is 16.1. The zero-order chi connectivity index (χ0) is 15.2. The van der Waals surface area contributed by atoms with Gasteiger partial charge in [-0.15, -0.1) is 0 Å². The fraction of sp³-hybridized carbons (Fsp3) is 0.235. The number of likely N-dealkylation sites (N-methyl/N-ethyl adjacent to an activating group) is 1. The zero-order valence-electron chi connectivity index (χ0n) is 12.0. The number of hydrogen-bond donors (Lipinski definition) is 2. The largest absolute Gasteiger partial charge is 0.370 e. The molecule has 0 aliphatic carbocycles. The lowest BCUT2D eigenvalue weighted by Crippen LogP contribution is -2.32. The molecule has 1 atom stereocenters. The van der Waals surface area contributed by atoms with E-state index in [1.54, 1.807) is 0 Å². The third kappa shape index (κ3) is 4.59. The van der Waals surface area contributed by atoms with Crippen LogP contribution in [0.4, 0.5) is 0 Å². The molecule has 0 unspecified atom stereocenters. The minimum atomic E-state index is -0.287. The van der Waals surface area contributed by atoms with E-state index in [9.17, 15) is 4.79 Å². The smallest absolute Gasteiger partial charge is 0.218 e. The molecule has 0 saturated heterocycles. The standard InChI is InChI=1S/C17H19ClN2O/c1-20-16(11-17(19)21)9-12-5-7-13(8-6-12)14-3-2-4-15(18)10-14/h2-8,10,16,20H,9,11H2,1H3,(H2,19,21)/t16-/m1/s1. The lowest BCUT2D eigenvalue weighted by Gasteiger charge is -2.14. The quantitative estimate of drug-likeness (QED) is 0.862. The highest BCUT2D eigenvalue weighted by molar-refractivity contribution is 6.30. The normalized spacial score (nSPS) is 12.1. The number of carbonyl (C=O) groups is 1. The van der Waals surface area contributed by atoms with E-state index in [0.717, 1.165) is 22.6 Å². The van der Waals surface area contributed by atoms with Gasteiger partial charge in [-0.3, -0.25) is 4.79 Å². The average Bonchev–Trinajstić information content (AvgIpc) is 2.47. The summed E-state index contributed by atoms with van der Waals surface area (Å²) in [6.07, 6.45) is 1.11. The van der Waals surface area contributed by atoms with Crippen molar-refractivity contribution in [2.24, 2.45) is 5.73 Å². The molecular weight excluding hydrogens is 284 g/mol. The number of amides is 1. The van der Waals surface area contributed by atoms with Crippen LogP contribution in [0.5, 0.6) is 0 Å². The molecule has 110 valence electrons. The molecule has 0 aromatic heterocycles. The number of nitrogens with one attached hydrogen (secondary N) is 1. The second kappa shape index (κ2) is 7.25. The van der Waals surface area contributed by atoms with Gasteiger partial charge >= 0.3 is 0 Å². The molecule has 4 heteroatoms. The Bertz CT molecular complexity index is 610. The number of nitrogens with two attached hydrogens (primary N) is 1. The Morgan fingerprint density at radius 1 is 1.19 bits per heavy atom. The highest BCUT2D eigenvalue weighted by Crippen LogP contribution is 2.23. The van der Waals surface area contributed by atoms with Crippen LogP contribution in [0.15, 0.2) is 48.5 Å². The van der Waals surface area contributed by atoms with Crippen molar-refractivity contribution >= 4 is 17.5 Å². The summed E-state index contributed by atoms with van der Waals surface area (Å²) < 4.78 is 0. The topological polar surface area (TPSA) is 55.1 Å². The second-order valence-electron chi connectivity index (χ2n) is 5.07. The van der Waals surface area contributed by atoms with Gasteiger partial charge in [0.05, 0.1) is 0 Å². The molecule has 0 bridgehead atoms. The van der Waals surface area contributed by atoms with Crippen molar-refractivity contribution in [3.8, 4) is 11.1 Å². The van der Waals surface area contributed by atoms with Crippen molar-refractivity contribution in [2.75, 3.05) is 7.05 Å². The van der Waals surface area contributed by atoms with E-state index in [4.69, 9.17) is 17.3 Å². The van der Waals surface area contributed by atoms with E-state index in [1.165, 1.54) is 5.56 Å². The molecule has 21 heavy (non-hydrogen) atoms. The number of carbonyl (C=O) groups excluding carboxylic acids is 1. The summed E-state index contributed by atoms with van der Waals surface area (Å²) in [5.74, 6) is -0.287. The van der Waals surface area contributed by atoms with Crippen LogP contribution in [0.25, 0.3) is 11.1 Å². The van der Waals surface area contributed by atoms with Gasteiger partial charge in [-0.1, -0.05) is 48.0 Å². The Morgan fingerprint density at radius 3 is 2.48 bits per heavy atom. The lowest BCUT2D eigenvalue weighted by atomic mass is 9.99. The number of hydrogen-bond acceptors (Lipinski definition) is 2. The summed E-state index contributed by atoms with van der Waals surface area (Å²) in [4.78, 5) is 11.0. The Labute approximate surface area is 130 Å². The summed E-state index contributed by atoms with van der Waals surface area (Å²) in [5.41, 5.74) is 8.63. The van der Waals surface area contributed by atoms with Gasteiger partial charge in [0.1, 0.15) is 0 Å². The minimum Gasteiger partial charge on any atom is -0.370 e.